The summed E-state index contributed by atoms with van der Waals surface area (Å²) in [4.78, 5) is 12.2. The van der Waals surface area contributed by atoms with Gasteiger partial charge in [-0.2, -0.15) is 16.1 Å². The number of hydroxylamine groups is 1. The number of carbonyl (C=O) groups excluding carboxylic acids is 1. The number of thioether (sulfide) groups is 1. The van der Waals surface area contributed by atoms with Crippen LogP contribution in [0.3, 0.4) is 0 Å². The van der Waals surface area contributed by atoms with Crippen molar-refractivity contribution in [2.75, 3.05) is 12.3 Å². The van der Waals surface area contributed by atoms with Crippen molar-refractivity contribution in [2.24, 2.45) is 0 Å². The van der Waals surface area contributed by atoms with Gasteiger partial charge in [0.15, 0.2) is 0 Å². The average molecular weight is 441 g/mol. The van der Waals surface area contributed by atoms with Gasteiger partial charge in [0.2, 0.25) is 10.0 Å². The molecule has 1 aliphatic heterocycles. The largest absolute Gasteiger partial charge is 0.457 e. The molecule has 1 amide bonds. The Morgan fingerprint density at radius 1 is 1.17 bits per heavy atom. The van der Waals surface area contributed by atoms with Gasteiger partial charge in [-0.1, -0.05) is 0 Å². The maximum atomic E-state index is 13.2. The van der Waals surface area contributed by atoms with Crippen LogP contribution in [0.1, 0.15) is 13.8 Å². The SMILES string of the molecule is CC1(C)SCCN(S(=O)(=O)c2ccc(Oc3ccc(F)cc3)cc2)[C@H]1C(=O)NO. The average Bonchev–Trinajstić information content (AvgIpc) is 2.68. The zero-order valence-electron chi connectivity index (χ0n) is 15.8. The first-order chi connectivity index (χ1) is 13.6. The monoisotopic (exact) mass is 440 g/mol. The highest BCUT2D eigenvalue weighted by Crippen LogP contribution is 2.38. The third-order valence-electron chi connectivity index (χ3n) is 4.57. The summed E-state index contributed by atoms with van der Waals surface area (Å²) in [5, 5.41) is 9.10. The van der Waals surface area contributed by atoms with Gasteiger partial charge in [0.05, 0.1) is 4.90 Å². The number of rotatable bonds is 5. The summed E-state index contributed by atoms with van der Waals surface area (Å²) in [5.41, 5.74) is 1.58. The van der Waals surface area contributed by atoms with Gasteiger partial charge in [-0.05, 0) is 62.4 Å². The molecule has 0 unspecified atom stereocenters. The minimum atomic E-state index is -3.99. The second-order valence-corrected chi connectivity index (χ2v) is 10.6. The van der Waals surface area contributed by atoms with Crippen molar-refractivity contribution in [3.8, 4) is 11.5 Å². The van der Waals surface area contributed by atoms with Crippen LogP contribution in [-0.4, -0.2) is 46.9 Å². The quantitative estimate of drug-likeness (QED) is 0.548. The molecule has 0 bridgehead atoms. The van der Waals surface area contributed by atoms with Crippen LogP contribution in [-0.2, 0) is 14.8 Å². The molecule has 3 rings (SSSR count). The van der Waals surface area contributed by atoms with E-state index in [0.29, 0.717) is 17.3 Å². The van der Waals surface area contributed by atoms with Gasteiger partial charge < -0.3 is 4.74 Å². The molecule has 2 N–H and O–H groups in total. The molecule has 2 aromatic rings. The smallest absolute Gasteiger partial charge is 0.263 e. The number of carbonyl (C=O) groups is 1. The fraction of sp³-hybridized carbons (Fsp3) is 0.316. The Hall–Kier alpha value is -2.14. The molecule has 1 heterocycles. The maximum absolute atomic E-state index is 13.2. The first kappa shape index (κ1) is 21.6. The standard InChI is InChI=1S/C19H21FN2O5S2/c1-19(2)17(18(23)21-24)22(11-12-28-19)29(25,26)16-9-7-15(8-10-16)27-14-5-3-13(20)4-6-14/h3-10,17,24H,11-12H2,1-2H3,(H,21,23)/t17-/m0/s1. The van der Waals surface area contributed by atoms with Crippen LogP contribution in [0.5, 0.6) is 11.5 Å². The Labute approximate surface area is 172 Å². The number of nitrogens with one attached hydrogen (secondary N) is 1. The molecule has 0 radical (unpaired) electrons. The third kappa shape index (κ3) is 4.55. The first-order valence-corrected chi connectivity index (χ1v) is 11.2. The van der Waals surface area contributed by atoms with Crippen LogP contribution >= 0.6 is 11.8 Å². The van der Waals surface area contributed by atoms with E-state index in [1.807, 2.05) is 0 Å². The van der Waals surface area contributed by atoms with Gasteiger partial charge in [0.25, 0.3) is 5.91 Å². The van der Waals surface area contributed by atoms with E-state index in [9.17, 15) is 17.6 Å². The van der Waals surface area contributed by atoms with Gasteiger partial charge >= 0.3 is 0 Å². The number of halogens is 1. The van der Waals surface area contributed by atoms with Crippen LogP contribution in [0, 0.1) is 5.82 Å². The molecular weight excluding hydrogens is 419 g/mol. The van der Waals surface area contributed by atoms with Crippen molar-refractivity contribution in [1.29, 1.82) is 0 Å². The number of nitrogens with zero attached hydrogens (tertiary/aromatic N) is 1. The third-order valence-corrected chi connectivity index (χ3v) is 7.80. The molecule has 0 spiro atoms. The molecule has 0 aromatic heterocycles. The Morgan fingerprint density at radius 2 is 1.72 bits per heavy atom. The molecule has 29 heavy (non-hydrogen) atoms. The van der Waals surface area contributed by atoms with E-state index in [0.717, 1.165) is 4.31 Å². The molecule has 1 aliphatic rings. The molecule has 156 valence electrons. The molecule has 0 aliphatic carbocycles. The van der Waals surface area contributed by atoms with Crippen molar-refractivity contribution in [3.63, 3.8) is 0 Å². The van der Waals surface area contributed by atoms with Crippen LogP contribution in [0.25, 0.3) is 0 Å². The lowest BCUT2D eigenvalue weighted by Crippen LogP contribution is -2.61. The first-order valence-electron chi connectivity index (χ1n) is 8.78. The number of hydrogen-bond donors (Lipinski definition) is 2. The van der Waals surface area contributed by atoms with Crippen molar-refractivity contribution >= 4 is 27.7 Å². The minimum Gasteiger partial charge on any atom is -0.457 e. The van der Waals surface area contributed by atoms with Crippen LogP contribution < -0.4 is 10.2 Å². The fourth-order valence-corrected chi connectivity index (χ4v) is 6.28. The van der Waals surface area contributed by atoms with E-state index < -0.39 is 26.7 Å². The molecule has 1 atom stereocenters. The van der Waals surface area contributed by atoms with Crippen LogP contribution in [0.2, 0.25) is 0 Å². The molecular formula is C19H21FN2O5S2. The Balaban J connectivity index is 1.86. The predicted molar refractivity (Wildman–Crippen MR) is 107 cm³/mol. The lowest BCUT2D eigenvalue weighted by molar-refractivity contribution is -0.134. The summed E-state index contributed by atoms with van der Waals surface area (Å²) in [6.07, 6.45) is 0. The van der Waals surface area contributed by atoms with Crippen molar-refractivity contribution in [1.82, 2.24) is 9.79 Å². The summed E-state index contributed by atoms with van der Waals surface area (Å²) in [5.74, 6) is 0.156. The molecule has 0 saturated carbocycles. The molecule has 1 saturated heterocycles. The van der Waals surface area contributed by atoms with E-state index in [1.165, 1.54) is 60.3 Å². The summed E-state index contributed by atoms with van der Waals surface area (Å²) in [7, 11) is -3.99. The van der Waals surface area contributed by atoms with Gasteiger partial charge in [-0.25, -0.2) is 18.3 Å². The topological polar surface area (TPSA) is 95.9 Å². The zero-order chi connectivity index (χ0) is 21.2. The Morgan fingerprint density at radius 3 is 2.28 bits per heavy atom. The second-order valence-electron chi connectivity index (χ2n) is 6.97. The molecule has 1 fully saturated rings. The van der Waals surface area contributed by atoms with E-state index in [1.54, 1.807) is 19.3 Å². The van der Waals surface area contributed by atoms with Gasteiger partial charge in [-0.15, -0.1) is 0 Å². The number of benzene rings is 2. The van der Waals surface area contributed by atoms with E-state index >= 15 is 0 Å². The number of hydrogen-bond acceptors (Lipinski definition) is 6. The van der Waals surface area contributed by atoms with Gasteiger partial charge in [0.1, 0.15) is 23.4 Å². The fourth-order valence-electron chi connectivity index (χ4n) is 3.17. The van der Waals surface area contributed by atoms with Crippen LogP contribution in [0.4, 0.5) is 4.39 Å². The van der Waals surface area contributed by atoms with Crippen molar-refractivity contribution < 1.29 is 27.5 Å². The predicted octanol–water partition coefficient (Wildman–Crippen LogP) is 3.01. The highest BCUT2D eigenvalue weighted by molar-refractivity contribution is 8.00. The number of amides is 1. The molecule has 2 aromatic carbocycles. The zero-order valence-corrected chi connectivity index (χ0v) is 17.5. The Kier molecular flexibility index (Phi) is 6.18. The summed E-state index contributed by atoms with van der Waals surface area (Å²) in [6.45, 7) is 3.67. The lowest BCUT2D eigenvalue weighted by Gasteiger charge is -2.43. The molecule has 10 heteroatoms. The Bertz CT molecular complexity index is 979. The molecule has 7 nitrogen and oxygen atoms in total. The van der Waals surface area contributed by atoms with E-state index in [-0.39, 0.29) is 17.3 Å². The normalized spacial score (nSPS) is 19.5. The summed E-state index contributed by atoms with van der Waals surface area (Å²) in [6, 6.07) is 10.1. The summed E-state index contributed by atoms with van der Waals surface area (Å²) < 4.78 is 45.3. The minimum absolute atomic E-state index is 0.00222. The highest BCUT2D eigenvalue weighted by Gasteiger charge is 2.48. The maximum Gasteiger partial charge on any atom is 0.263 e. The van der Waals surface area contributed by atoms with Crippen molar-refractivity contribution in [3.05, 3.63) is 54.3 Å². The van der Waals surface area contributed by atoms with Crippen molar-refractivity contribution in [2.45, 2.75) is 29.5 Å². The van der Waals surface area contributed by atoms with Crippen LogP contribution in [0.15, 0.2) is 53.4 Å². The lowest BCUT2D eigenvalue weighted by atomic mass is 10.0. The van der Waals surface area contributed by atoms with E-state index in [2.05, 4.69) is 0 Å². The van der Waals surface area contributed by atoms with E-state index in [4.69, 9.17) is 9.94 Å². The second kappa shape index (κ2) is 8.31. The highest BCUT2D eigenvalue weighted by atomic mass is 32.2. The number of sulfonamides is 1. The summed E-state index contributed by atoms with van der Waals surface area (Å²) >= 11 is 1.47. The van der Waals surface area contributed by atoms with Gasteiger partial charge in [0, 0.05) is 17.0 Å². The van der Waals surface area contributed by atoms with Gasteiger partial charge in [-0.3, -0.25) is 10.0 Å². The number of ether oxygens (including phenoxy) is 1.